The lowest BCUT2D eigenvalue weighted by molar-refractivity contribution is -0.138. The zero-order chi connectivity index (χ0) is 21.5. The lowest BCUT2D eigenvalue weighted by atomic mass is 9.94. The third kappa shape index (κ3) is 5.92. The summed E-state index contributed by atoms with van der Waals surface area (Å²) in [5.74, 6) is -0.564. The maximum absolute atomic E-state index is 13.2. The van der Waals surface area contributed by atoms with E-state index in [4.69, 9.17) is 5.73 Å². The lowest BCUT2D eigenvalue weighted by Crippen LogP contribution is -2.44. The van der Waals surface area contributed by atoms with Crippen molar-refractivity contribution >= 4 is 33.7 Å². The number of carbonyl (C=O) groups is 3. The Morgan fingerprint density at radius 1 is 1.00 bits per heavy atom. The predicted molar refractivity (Wildman–Crippen MR) is 118 cm³/mol. The van der Waals surface area contributed by atoms with Gasteiger partial charge in [0.25, 0.3) is 5.91 Å². The van der Waals surface area contributed by atoms with E-state index >= 15 is 0 Å². The quantitative estimate of drug-likeness (QED) is 0.672. The summed E-state index contributed by atoms with van der Waals surface area (Å²) in [6, 6.07) is 17.0. The number of piperidine rings is 1. The summed E-state index contributed by atoms with van der Waals surface area (Å²) in [4.78, 5) is 40.7. The first kappa shape index (κ1) is 22.0. The molecule has 2 aromatic carbocycles. The zero-order valence-corrected chi connectivity index (χ0v) is 18.4. The summed E-state index contributed by atoms with van der Waals surface area (Å²) >= 11 is 3.38. The van der Waals surface area contributed by atoms with Gasteiger partial charge < -0.3 is 15.5 Å². The van der Waals surface area contributed by atoms with Crippen molar-refractivity contribution in [3.63, 3.8) is 0 Å². The number of hydrogen-bond donors (Lipinski definition) is 1. The van der Waals surface area contributed by atoms with Gasteiger partial charge in [0.1, 0.15) is 0 Å². The summed E-state index contributed by atoms with van der Waals surface area (Å²) in [6.45, 7) is 1.84. The van der Waals surface area contributed by atoms with Crippen molar-refractivity contribution in [2.24, 2.45) is 11.7 Å². The smallest absolute Gasteiger partial charge is 0.253 e. The zero-order valence-electron chi connectivity index (χ0n) is 16.8. The van der Waals surface area contributed by atoms with Crippen LogP contribution in [-0.2, 0) is 16.1 Å². The molecular weight excluding hydrogens is 446 g/mol. The van der Waals surface area contributed by atoms with Gasteiger partial charge in [-0.3, -0.25) is 14.4 Å². The molecule has 158 valence electrons. The van der Waals surface area contributed by atoms with E-state index < -0.39 is 5.91 Å². The molecule has 0 spiro atoms. The minimum atomic E-state index is -0.421. The Morgan fingerprint density at radius 2 is 1.63 bits per heavy atom. The van der Waals surface area contributed by atoms with Crippen LogP contribution < -0.4 is 5.73 Å². The highest BCUT2D eigenvalue weighted by molar-refractivity contribution is 9.10. The van der Waals surface area contributed by atoms with Gasteiger partial charge in [-0.05, 0) is 42.7 Å². The number of nitrogens with two attached hydrogens (primary N) is 1. The van der Waals surface area contributed by atoms with E-state index in [2.05, 4.69) is 15.9 Å². The van der Waals surface area contributed by atoms with Crippen LogP contribution in [0.25, 0.3) is 0 Å². The molecule has 1 heterocycles. The number of likely N-dealkylation sites (tertiary alicyclic amines) is 1. The number of rotatable bonds is 7. The first-order chi connectivity index (χ1) is 14.4. The van der Waals surface area contributed by atoms with Crippen molar-refractivity contribution < 1.29 is 14.4 Å². The van der Waals surface area contributed by atoms with Gasteiger partial charge in [0.2, 0.25) is 11.8 Å². The molecule has 6 nitrogen and oxygen atoms in total. The van der Waals surface area contributed by atoms with Gasteiger partial charge in [-0.2, -0.15) is 0 Å². The highest BCUT2D eigenvalue weighted by atomic mass is 79.9. The van der Waals surface area contributed by atoms with Gasteiger partial charge >= 0.3 is 0 Å². The highest BCUT2D eigenvalue weighted by Gasteiger charge is 2.30. The Bertz CT molecular complexity index is 878. The van der Waals surface area contributed by atoms with Crippen molar-refractivity contribution in [3.05, 3.63) is 70.2 Å². The molecule has 0 aromatic heterocycles. The second-order valence-electron chi connectivity index (χ2n) is 7.54. The van der Waals surface area contributed by atoms with Crippen LogP contribution >= 0.6 is 15.9 Å². The Hall–Kier alpha value is -2.67. The van der Waals surface area contributed by atoms with E-state index in [1.54, 1.807) is 21.9 Å². The molecule has 0 unspecified atom stereocenters. The largest absolute Gasteiger partial charge is 0.370 e. The fraction of sp³-hybridized carbons (Fsp3) is 0.348. The topological polar surface area (TPSA) is 83.7 Å². The average Bonchev–Trinajstić information content (AvgIpc) is 2.77. The third-order valence-corrected chi connectivity index (χ3v) is 5.91. The molecule has 1 aliphatic heterocycles. The molecule has 0 atom stereocenters. The second kappa shape index (κ2) is 10.4. The number of nitrogens with zero attached hydrogens (tertiary/aromatic N) is 2. The number of hydrogen-bond acceptors (Lipinski definition) is 3. The van der Waals surface area contributed by atoms with Crippen molar-refractivity contribution in [3.8, 4) is 0 Å². The summed E-state index contributed by atoms with van der Waals surface area (Å²) < 4.78 is 0.929. The van der Waals surface area contributed by atoms with Crippen molar-refractivity contribution in [1.29, 1.82) is 0 Å². The van der Waals surface area contributed by atoms with E-state index in [9.17, 15) is 14.4 Å². The Kier molecular flexibility index (Phi) is 7.63. The highest BCUT2D eigenvalue weighted by Crippen LogP contribution is 2.23. The summed E-state index contributed by atoms with van der Waals surface area (Å²) in [5, 5.41) is 0. The van der Waals surface area contributed by atoms with Gasteiger partial charge in [-0.25, -0.2) is 0 Å². The van der Waals surface area contributed by atoms with Gasteiger partial charge in [0, 0.05) is 48.6 Å². The SMILES string of the molecule is NC(=O)CCN(Cc1ccccc1)C(=O)C1CCN(C(=O)c2ccc(Br)cc2)CC1. The van der Waals surface area contributed by atoms with Crippen molar-refractivity contribution in [2.45, 2.75) is 25.8 Å². The van der Waals surface area contributed by atoms with Crippen LogP contribution in [-0.4, -0.2) is 47.2 Å². The van der Waals surface area contributed by atoms with Crippen LogP contribution in [0.1, 0.15) is 35.2 Å². The van der Waals surface area contributed by atoms with Crippen LogP contribution in [0.2, 0.25) is 0 Å². The minimum absolute atomic E-state index is 0.0109. The molecule has 3 rings (SSSR count). The van der Waals surface area contributed by atoms with Gasteiger partial charge in [-0.1, -0.05) is 46.3 Å². The molecule has 1 aliphatic rings. The first-order valence-corrected chi connectivity index (χ1v) is 10.9. The third-order valence-electron chi connectivity index (χ3n) is 5.38. The normalized spacial score (nSPS) is 14.4. The summed E-state index contributed by atoms with van der Waals surface area (Å²) in [6.07, 6.45) is 1.37. The molecule has 0 radical (unpaired) electrons. The molecule has 1 fully saturated rings. The molecule has 0 saturated carbocycles. The minimum Gasteiger partial charge on any atom is -0.370 e. The Labute approximate surface area is 185 Å². The molecule has 1 saturated heterocycles. The lowest BCUT2D eigenvalue weighted by Gasteiger charge is -2.34. The fourth-order valence-electron chi connectivity index (χ4n) is 3.68. The second-order valence-corrected chi connectivity index (χ2v) is 8.45. The van der Waals surface area contributed by atoms with Crippen LogP contribution in [0.15, 0.2) is 59.1 Å². The van der Waals surface area contributed by atoms with Crippen molar-refractivity contribution in [2.75, 3.05) is 19.6 Å². The molecule has 3 amide bonds. The van der Waals surface area contributed by atoms with Crippen LogP contribution in [0, 0.1) is 5.92 Å². The van der Waals surface area contributed by atoms with Crippen molar-refractivity contribution in [1.82, 2.24) is 9.80 Å². The summed E-state index contributed by atoms with van der Waals surface area (Å²) in [7, 11) is 0. The fourth-order valence-corrected chi connectivity index (χ4v) is 3.94. The van der Waals surface area contributed by atoms with Crippen LogP contribution in [0.3, 0.4) is 0 Å². The number of halogens is 1. The van der Waals surface area contributed by atoms with Gasteiger partial charge in [0.05, 0.1) is 0 Å². The predicted octanol–water partition coefficient (Wildman–Crippen LogP) is 3.21. The van der Waals surface area contributed by atoms with Gasteiger partial charge in [0.15, 0.2) is 0 Å². The average molecular weight is 472 g/mol. The summed E-state index contributed by atoms with van der Waals surface area (Å²) in [5.41, 5.74) is 6.97. The maximum atomic E-state index is 13.2. The maximum Gasteiger partial charge on any atom is 0.253 e. The van der Waals surface area contributed by atoms with E-state index in [-0.39, 0.29) is 24.2 Å². The number of amides is 3. The van der Waals surface area contributed by atoms with E-state index in [0.717, 1.165) is 10.0 Å². The molecular formula is C23H26BrN3O3. The molecule has 7 heteroatoms. The first-order valence-electron chi connectivity index (χ1n) is 10.1. The molecule has 30 heavy (non-hydrogen) atoms. The molecule has 0 aliphatic carbocycles. The van der Waals surface area contributed by atoms with Gasteiger partial charge in [-0.15, -0.1) is 0 Å². The van der Waals surface area contributed by atoms with Crippen LogP contribution in [0.5, 0.6) is 0 Å². The molecule has 2 aromatic rings. The van der Waals surface area contributed by atoms with Crippen LogP contribution in [0.4, 0.5) is 0 Å². The van der Waals surface area contributed by atoms with E-state index in [0.29, 0.717) is 44.6 Å². The molecule has 0 bridgehead atoms. The standard InChI is InChI=1S/C23H26BrN3O3/c24-20-8-6-18(7-9-20)22(29)26-13-10-19(11-14-26)23(30)27(15-12-21(25)28)16-17-4-2-1-3-5-17/h1-9,19H,10-16H2,(H2,25,28). The number of carbonyl (C=O) groups excluding carboxylic acids is 3. The number of primary amides is 1. The van der Waals surface area contributed by atoms with E-state index in [1.165, 1.54) is 0 Å². The molecule has 2 N–H and O–H groups in total. The Morgan fingerprint density at radius 3 is 2.23 bits per heavy atom. The Balaban J connectivity index is 1.61. The monoisotopic (exact) mass is 471 g/mol. The number of benzene rings is 2. The van der Waals surface area contributed by atoms with E-state index in [1.807, 2.05) is 42.5 Å².